The molecule has 1 aliphatic heterocycles. The lowest BCUT2D eigenvalue weighted by Crippen LogP contribution is -2.25. The Labute approximate surface area is 202 Å². The van der Waals surface area contributed by atoms with E-state index < -0.39 is 0 Å². The molecule has 0 saturated heterocycles. The van der Waals surface area contributed by atoms with Crippen molar-refractivity contribution in [1.82, 2.24) is 29.6 Å². The van der Waals surface area contributed by atoms with Gasteiger partial charge in [0.25, 0.3) is 5.56 Å². The van der Waals surface area contributed by atoms with E-state index in [1.807, 2.05) is 22.9 Å². The molecule has 35 heavy (non-hydrogen) atoms. The SMILES string of the molecule is O=c1c2cnc(Nc3ccc4c(c3)CNCC4)nc2n(-c2cccc(OC3CCC3)n2)n1C1CC1. The van der Waals surface area contributed by atoms with Crippen LogP contribution >= 0.6 is 0 Å². The maximum absolute atomic E-state index is 13.3. The van der Waals surface area contributed by atoms with Gasteiger partial charge in [-0.05, 0) is 74.4 Å². The molecule has 1 aromatic carbocycles. The Morgan fingerprint density at radius 2 is 1.97 bits per heavy atom. The van der Waals surface area contributed by atoms with Gasteiger partial charge in [-0.25, -0.2) is 14.3 Å². The Kier molecular flexibility index (Phi) is 4.83. The van der Waals surface area contributed by atoms with Crippen LogP contribution in [0.1, 0.15) is 49.3 Å². The second kappa shape index (κ2) is 8.20. The number of nitrogens with zero attached hydrogens (tertiary/aromatic N) is 5. The number of aromatic nitrogens is 5. The van der Waals surface area contributed by atoms with Gasteiger partial charge in [0.1, 0.15) is 11.5 Å². The van der Waals surface area contributed by atoms with Crippen LogP contribution in [-0.2, 0) is 13.0 Å². The minimum atomic E-state index is -0.0824. The summed E-state index contributed by atoms with van der Waals surface area (Å²) < 4.78 is 9.65. The second-order valence-corrected chi connectivity index (χ2v) is 9.66. The van der Waals surface area contributed by atoms with Crippen molar-refractivity contribution in [3.63, 3.8) is 0 Å². The minimum absolute atomic E-state index is 0.0824. The van der Waals surface area contributed by atoms with E-state index in [4.69, 9.17) is 14.7 Å². The van der Waals surface area contributed by atoms with Crippen LogP contribution in [0.25, 0.3) is 16.9 Å². The summed E-state index contributed by atoms with van der Waals surface area (Å²) in [7, 11) is 0. The summed E-state index contributed by atoms with van der Waals surface area (Å²) in [5.74, 6) is 1.66. The molecule has 0 spiro atoms. The summed E-state index contributed by atoms with van der Waals surface area (Å²) in [6, 6.07) is 12.2. The molecule has 4 aromatic rings. The van der Waals surface area contributed by atoms with E-state index in [1.165, 1.54) is 17.5 Å². The number of hydrogen-bond donors (Lipinski definition) is 2. The predicted octanol–water partition coefficient (Wildman–Crippen LogP) is 3.63. The zero-order valence-electron chi connectivity index (χ0n) is 19.4. The fourth-order valence-corrected chi connectivity index (χ4v) is 4.86. The molecule has 3 aromatic heterocycles. The molecule has 2 N–H and O–H groups in total. The maximum atomic E-state index is 13.3. The lowest BCUT2D eigenvalue weighted by atomic mass is 9.96. The highest BCUT2D eigenvalue weighted by molar-refractivity contribution is 5.77. The summed E-state index contributed by atoms with van der Waals surface area (Å²) in [6.45, 7) is 1.87. The highest BCUT2D eigenvalue weighted by atomic mass is 16.5. The number of rotatable bonds is 6. The van der Waals surface area contributed by atoms with Gasteiger partial charge in [0.15, 0.2) is 11.5 Å². The van der Waals surface area contributed by atoms with Gasteiger partial charge in [0.2, 0.25) is 11.8 Å². The van der Waals surface area contributed by atoms with Gasteiger partial charge in [-0.3, -0.25) is 4.79 Å². The van der Waals surface area contributed by atoms with Crippen LogP contribution in [0, 0.1) is 0 Å². The first-order chi connectivity index (χ1) is 17.2. The number of nitrogens with one attached hydrogen (secondary N) is 2. The topological polar surface area (TPSA) is 98.9 Å². The molecule has 2 aliphatic carbocycles. The number of benzene rings is 1. The van der Waals surface area contributed by atoms with Crippen molar-refractivity contribution >= 4 is 22.7 Å². The zero-order valence-corrected chi connectivity index (χ0v) is 19.4. The molecular weight excluding hydrogens is 442 g/mol. The van der Waals surface area contributed by atoms with Crippen LogP contribution in [0.15, 0.2) is 47.4 Å². The van der Waals surface area contributed by atoms with Gasteiger partial charge in [-0.15, -0.1) is 0 Å². The van der Waals surface area contributed by atoms with Crippen LogP contribution < -0.4 is 20.9 Å². The molecule has 0 atom stereocenters. The summed E-state index contributed by atoms with van der Waals surface area (Å²) in [5, 5.41) is 7.24. The molecule has 178 valence electrons. The molecule has 9 nitrogen and oxygen atoms in total. The fourth-order valence-electron chi connectivity index (χ4n) is 4.86. The van der Waals surface area contributed by atoms with Crippen molar-refractivity contribution in [2.75, 3.05) is 11.9 Å². The van der Waals surface area contributed by atoms with E-state index >= 15 is 0 Å². The number of anilines is 2. The van der Waals surface area contributed by atoms with Crippen molar-refractivity contribution in [2.45, 2.75) is 57.2 Å². The quantitative estimate of drug-likeness (QED) is 0.445. The van der Waals surface area contributed by atoms with Gasteiger partial charge in [0.05, 0.1) is 6.04 Å². The van der Waals surface area contributed by atoms with E-state index in [0.717, 1.165) is 50.9 Å². The molecule has 0 radical (unpaired) electrons. The summed E-state index contributed by atoms with van der Waals surface area (Å²) >= 11 is 0. The first kappa shape index (κ1) is 20.6. The second-order valence-electron chi connectivity index (χ2n) is 9.66. The average molecular weight is 470 g/mol. The largest absolute Gasteiger partial charge is 0.474 e. The molecule has 0 unspecified atom stereocenters. The van der Waals surface area contributed by atoms with Crippen molar-refractivity contribution < 1.29 is 4.74 Å². The van der Waals surface area contributed by atoms with Gasteiger partial charge < -0.3 is 15.4 Å². The van der Waals surface area contributed by atoms with Crippen LogP contribution in [0.3, 0.4) is 0 Å². The minimum Gasteiger partial charge on any atom is -0.474 e. The van der Waals surface area contributed by atoms with Crippen molar-refractivity contribution in [1.29, 1.82) is 0 Å². The van der Waals surface area contributed by atoms with Crippen LogP contribution in [0.2, 0.25) is 0 Å². The van der Waals surface area contributed by atoms with E-state index in [2.05, 4.69) is 33.8 Å². The van der Waals surface area contributed by atoms with E-state index in [1.54, 1.807) is 10.9 Å². The fraction of sp³-hybridized carbons (Fsp3) is 0.385. The first-order valence-electron chi connectivity index (χ1n) is 12.5. The summed E-state index contributed by atoms with van der Waals surface area (Å²) in [4.78, 5) is 27.3. The van der Waals surface area contributed by atoms with Crippen molar-refractivity contribution in [3.8, 4) is 11.7 Å². The maximum Gasteiger partial charge on any atom is 0.278 e. The lowest BCUT2D eigenvalue weighted by Gasteiger charge is -2.25. The highest BCUT2D eigenvalue weighted by Crippen LogP contribution is 2.36. The zero-order chi connectivity index (χ0) is 23.4. The Morgan fingerprint density at radius 3 is 2.80 bits per heavy atom. The molecule has 2 saturated carbocycles. The average Bonchev–Trinajstić information content (AvgIpc) is 3.65. The highest BCUT2D eigenvalue weighted by Gasteiger charge is 2.31. The number of fused-ring (bicyclic) bond motifs is 2. The predicted molar refractivity (Wildman–Crippen MR) is 133 cm³/mol. The number of pyridine rings is 1. The smallest absolute Gasteiger partial charge is 0.278 e. The van der Waals surface area contributed by atoms with Crippen LogP contribution in [-0.4, -0.2) is 37.0 Å². The molecule has 3 aliphatic rings. The van der Waals surface area contributed by atoms with Crippen molar-refractivity contribution in [2.24, 2.45) is 0 Å². The van der Waals surface area contributed by atoms with Gasteiger partial charge in [0, 0.05) is 24.5 Å². The van der Waals surface area contributed by atoms with E-state index in [9.17, 15) is 4.79 Å². The Balaban J connectivity index is 1.29. The van der Waals surface area contributed by atoms with Crippen LogP contribution in [0.5, 0.6) is 5.88 Å². The third kappa shape index (κ3) is 3.76. The van der Waals surface area contributed by atoms with Gasteiger partial charge in [-0.1, -0.05) is 12.1 Å². The standard InChI is InChI=1S/C26H27N7O2/c34-25-21-15-28-26(29-18-8-7-16-11-12-27-14-17(16)13-18)31-24(21)33(32(25)19-9-10-19)22-5-2-6-23(30-22)35-20-3-1-4-20/h2,5-8,13,15,19-20,27H,1,3-4,9-12,14H2,(H,28,29,31). The molecule has 0 amide bonds. The normalized spacial score (nSPS) is 17.7. The lowest BCUT2D eigenvalue weighted by molar-refractivity contribution is 0.114. The van der Waals surface area contributed by atoms with Crippen molar-refractivity contribution in [3.05, 3.63) is 64.1 Å². The number of ether oxygens (including phenoxy) is 1. The summed E-state index contributed by atoms with van der Waals surface area (Å²) in [5.41, 5.74) is 4.05. The third-order valence-corrected chi connectivity index (χ3v) is 7.13. The Bertz CT molecular complexity index is 1480. The Hall–Kier alpha value is -3.72. The van der Waals surface area contributed by atoms with Gasteiger partial charge in [-0.2, -0.15) is 9.97 Å². The van der Waals surface area contributed by atoms with E-state index in [-0.39, 0.29) is 17.7 Å². The van der Waals surface area contributed by atoms with Gasteiger partial charge >= 0.3 is 0 Å². The monoisotopic (exact) mass is 469 g/mol. The molecule has 9 heteroatoms. The number of hydrogen-bond acceptors (Lipinski definition) is 7. The summed E-state index contributed by atoms with van der Waals surface area (Å²) in [6.07, 6.45) is 8.15. The third-order valence-electron chi connectivity index (χ3n) is 7.13. The molecule has 7 rings (SSSR count). The molecule has 4 heterocycles. The molecule has 0 bridgehead atoms. The first-order valence-corrected chi connectivity index (χ1v) is 12.5. The van der Waals surface area contributed by atoms with E-state index in [0.29, 0.717) is 28.7 Å². The Morgan fingerprint density at radius 1 is 1.06 bits per heavy atom. The molecule has 2 fully saturated rings. The van der Waals surface area contributed by atoms with Crippen LogP contribution in [0.4, 0.5) is 11.6 Å². The molecular formula is C26H27N7O2.